The van der Waals surface area contributed by atoms with Gasteiger partial charge in [0, 0.05) is 12.3 Å². The third-order valence-corrected chi connectivity index (χ3v) is 3.68. The highest BCUT2D eigenvalue weighted by atomic mass is 16.5. The first-order chi connectivity index (χ1) is 9.93. The number of carbonyl (C=O) groups is 2. The molecule has 0 fully saturated rings. The monoisotopic (exact) mass is 290 g/mol. The molecule has 1 unspecified atom stereocenters. The molecule has 0 aliphatic carbocycles. The van der Waals surface area contributed by atoms with Gasteiger partial charge in [-0.25, -0.2) is 0 Å². The summed E-state index contributed by atoms with van der Waals surface area (Å²) in [5.41, 5.74) is 1.05. The average molecular weight is 290 g/mol. The normalized spacial score (nSPS) is 13.8. The van der Waals surface area contributed by atoms with E-state index in [1.54, 1.807) is 0 Å². The Bertz CT molecular complexity index is 451. The molecule has 0 aromatic heterocycles. The molecule has 0 amide bonds. The van der Waals surface area contributed by atoms with Gasteiger partial charge in [0.05, 0.1) is 13.0 Å². The van der Waals surface area contributed by atoms with Crippen LogP contribution in [-0.2, 0) is 20.7 Å². The van der Waals surface area contributed by atoms with Crippen LogP contribution in [0.3, 0.4) is 0 Å². The van der Waals surface area contributed by atoms with Crippen molar-refractivity contribution < 1.29 is 14.3 Å². The second-order valence-corrected chi connectivity index (χ2v) is 6.11. The molecule has 1 rings (SSSR count). The van der Waals surface area contributed by atoms with Crippen LogP contribution in [0.15, 0.2) is 30.3 Å². The van der Waals surface area contributed by atoms with E-state index in [2.05, 4.69) is 13.8 Å². The van der Waals surface area contributed by atoms with E-state index in [4.69, 9.17) is 4.74 Å². The smallest absolute Gasteiger partial charge is 0.309 e. The fraction of sp³-hybridized carbons (Fsp3) is 0.556. The lowest BCUT2D eigenvalue weighted by Gasteiger charge is -2.18. The molecule has 0 saturated carbocycles. The summed E-state index contributed by atoms with van der Waals surface area (Å²) in [5, 5.41) is 0. The number of methoxy groups -OCH3 is 1. The minimum Gasteiger partial charge on any atom is -0.469 e. The quantitative estimate of drug-likeness (QED) is 0.686. The first-order valence-electron chi connectivity index (χ1n) is 7.58. The van der Waals surface area contributed by atoms with Crippen LogP contribution < -0.4 is 0 Å². The molecule has 1 aromatic rings. The molecule has 3 heteroatoms. The van der Waals surface area contributed by atoms with E-state index in [9.17, 15) is 9.59 Å². The Kier molecular flexibility index (Phi) is 7.13. The zero-order chi connectivity index (χ0) is 15.8. The van der Waals surface area contributed by atoms with Crippen LogP contribution in [0.25, 0.3) is 0 Å². The summed E-state index contributed by atoms with van der Waals surface area (Å²) in [5.74, 6) is -0.0685. The second-order valence-electron chi connectivity index (χ2n) is 6.11. The van der Waals surface area contributed by atoms with Gasteiger partial charge in [-0.3, -0.25) is 9.59 Å². The molecule has 0 heterocycles. The number of ketones is 1. The molecule has 116 valence electrons. The van der Waals surface area contributed by atoms with Crippen molar-refractivity contribution in [2.45, 2.75) is 40.0 Å². The topological polar surface area (TPSA) is 43.4 Å². The Morgan fingerprint density at radius 1 is 1.10 bits per heavy atom. The fourth-order valence-electron chi connectivity index (χ4n) is 2.59. The van der Waals surface area contributed by atoms with Crippen molar-refractivity contribution >= 4 is 11.8 Å². The van der Waals surface area contributed by atoms with Crippen molar-refractivity contribution in [3.05, 3.63) is 35.9 Å². The number of Topliss-reactive ketones (excluding diaryl/α,β-unsaturated/α-hetero) is 1. The SMILES string of the molecule is COC(=O)C(CC(=O)[C@@H](C)CC(C)C)Cc1ccccc1. The molecule has 0 spiro atoms. The third-order valence-electron chi connectivity index (χ3n) is 3.68. The van der Waals surface area contributed by atoms with Crippen molar-refractivity contribution in [2.75, 3.05) is 7.11 Å². The van der Waals surface area contributed by atoms with Gasteiger partial charge in [-0.05, 0) is 24.3 Å². The number of carbonyl (C=O) groups excluding carboxylic acids is 2. The lowest BCUT2D eigenvalue weighted by molar-refractivity contribution is -0.147. The first kappa shape index (κ1) is 17.4. The number of hydrogen-bond acceptors (Lipinski definition) is 3. The number of hydrogen-bond donors (Lipinski definition) is 0. The van der Waals surface area contributed by atoms with Crippen LogP contribution in [0, 0.1) is 17.8 Å². The van der Waals surface area contributed by atoms with Crippen LogP contribution in [-0.4, -0.2) is 18.9 Å². The van der Waals surface area contributed by atoms with E-state index in [0.29, 0.717) is 12.3 Å². The van der Waals surface area contributed by atoms with Gasteiger partial charge >= 0.3 is 5.97 Å². The summed E-state index contributed by atoms with van der Waals surface area (Å²) in [6.45, 7) is 6.15. The second kappa shape index (κ2) is 8.60. The van der Waals surface area contributed by atoms with Crippen LogP contribution in [0.1, 0.15) is 39.2 Å². The van der Waals surface area contributed by atoms with Gasteiger partial charge in [-0.15, -0.1) is 0 Å². The van der Waals surface area contributed by atoms with Crippen molar-refractivity contribution in [3.8, 4) is 0 Å². The molecule has 21 heavy (non-hydrogen) atoms. The van der Waals surface area contributed by atoms with Gasteiger partial charge in [0.2, 0.25) is 0 Å². The van der Waals surface area contributed by atoms with E-state index in [-0.39, 0.29) is 30.0 Å². The summed E-state index contributed by atoms with van der Waals surface area (Å²) >= 11 is 0. The minimum atomic E-state index is -0.389. The van der Waals surface area contributed by atoms with Gasteiger partial charge in [-0.1, -0.05) is 51.1 Å². The predicted molar refractivity (Wildman–Crippen MR) is 83.9 cm³/mol. The Labute approximate surface area is 127 Å². The number of esters is 1. The van der Waals surface area contributed by atoms with E-state index in [0.717, 1.165) is 12.0 Å². The highest BCUT2D eigenvalue weighted by molar-refractivity contribution is 5.86. The van der Waals surface area contributed by atoms with Crippen molar-refractivity contribution in [3.63, 3.8) is 0 Å². The van der Waals surface area contributed by atoms with E-state index >= 15 is 0 Å². The molecule has 2 atom stereocenters. The zero-order valence-electron chi connectivity index (χ0n) is 13.5. The number of benzene rings is 1. The maximum absolute atomic E-state index is 12.3. The van der Waals surface area contributed by atoms with Crippen molar-refractivity contribution in [1.82, 2.24) is 0 Å². The lowest BCUT2D eigenvalue weighted by atomic mass is 9.87. The van der Waals surface area contributed by atoms with Crippen molar-refractivity contribution in [1.29, 1.82) is 0 Å². The Morgan fingerprint density at radius 3 is 2.24 bits per heavy atom. The van der Waals surface area contributed by atoms with Gasteiger partial charge < -0.3 is 4.74 Å². The predicted octanol–water partition coefficient (Wildman–Crippen LogP) is 3.66. The highest BCUT2D eigenvalue weighted by Gasteiger charge is 2.25. The third kappa shape index (κ3) is 6.11. The van der Waals surface area contributed by atoms with Crippen LogP contribution in [0.2, 0.25) is 0 Å². The van der Waals surface area contributed by atoms with E-state index in [1.807, 2.05) is 37.3 Å². The Hall–Kier alpha value is -1.64. The van der Waals surface area contributed by atoms with Crippen LogP contribution in [0.4, 0.5) is 0 Å². The molecular formula is C18H26O3. The maximum atomic E-state index is 12.3. The summed E-state index contributed by atoms with van der Waals surface area (Å²) in [7, 11) is 1.38. The van der Waals surface area contributed by atoms with Crippen LogP contribution in [0.5, 0.6) is 0 Å². The number of rotatable bonds is 8. The molecule has 0 aliphatic heterocycles. The molecule has 0 aliphatic rings. The maximum Gasteiger partial charge on any atom is 0.309 e. The molecule has 0 N–H and O–H groups in total. The fourth-order valence-corrected chi connectivity index (χ4v) is 2.59. The molecule has 0 bridgehead atoms. The lowest BCUT2D eigenvalue weighted by Crippen LogP contribution is -2.25. The zero-order valence-corrected chi connectivity index (χ0v) is 13.5. The molecular weight excluding hydrogens is 264 g/mol. The highest BCUT2D eigenvalue weighted by Crippen LogP contribution is 2.20. The van der Waals surface area contributed by atoms with Crippen LogP contribution >= 0.6 is 0 Å². The molecule has 0 saturated heterocycles. The van der Waals surface area contributed by atoms with E-state index in [1.165, 1.54) is 7.11 Å². The van der Waals surface area contributed by atoms with Gasteiger partial charge in [0.1, 0.15) is 5.78 Å². The van der Waals surface area contributed by atoms with Crippen molar-refractivity contribution in [2.24, 2.45) is 17.8 Å². The summed E-state index contributed by atoms with van der Waals surface area (Å²) in [6, 6.07) is 9.75. The molecule has 3 nitrogen and oxygen atoms in total. The standard InChI is InChI=1S/C18H26O3/c1-13(2)10-14(3)17(19)12-16(18(20)21-4)11-15-8-6-5-7-9-15/h5-9,13-14,16H,10-12H2,1-4H3/t14-,16?/m0/s1. The van der Waals surface area contributed by atoms with Gasteiger partial charge in [-0.2, -0.15) is 0 Å². The summed E-state index contributed by atoms with van der Waals surface area (Å²) in [4.78, 5) is 24.2. The first-order valence-corrected chi connectivity index (χ1v) is 7.58. The minimum absolute atomic E-state index is 0.00655. The summed E-state index contributed by atoms with van der Waals surface area (Å²) < 4.78 is 4.86. The largest absolute Gasteiger partial charge is 0.469 e. The molecule has 0 radical (unpaired) electrons. The molecule has 1 aromatic carbocycles. The average Bonchev–Trinajstić information content (AvgIpc) is 2.46. The van der Waals surface area contributed by atoms with Gasteiger partial charge in [0.15, 0.2) is 0 Å². The Balaban J connectivity index is 2.70. The van der Waals surface area contributed by atoms with Gasteiger partial charge in [0.25, 0.3) is 0 Å². The number of ether oxygens (including phenoxy) is 1. The Morgan fingerprint density at radius 2 is 1.71 bits per heavy atom. The summed E-state index contributed by atoms with van der Waals surface area (Å²) in [6.07, 6.45) is 1.67. The van der Waals surface area contributed by atoms with E-state index < -0.39 is 0 Å².